The van der Waals surface area contributed by atoms with Crippen LogP contribution >= 0.6 is 24.0 Å². The van der Waals surface area contributed by atoms with Gasteiger partial charge in [-0.25, -0.2) is 4.99 Å². The molecule has 184 valence electrons. The second-order valence-corrected chi connectivity index (χ2v) is 8.70. The van der Waals surface area contributed by atoms with E-state index in [1.807, 2.05) is 18.7 Å². The summed E-state index contributed by atoms with van der Waals surface area (Å²) < 4.78 is 5.16. The molecule has 2 aliphatic heterocycles. The topological polar surface area (TPSA) is 74.2 Å². The van der Waals surface area contributed by atoms with Gasteiger partial charge in [-0.05, 0) is 57.4 Å². The van der Waals surface area contributed by atoms with Crippen LogP contribution in [-0.4, -0.2) is 73.5 Å². The van der Waals surface area contributed by atoms with Crippen molar-refractivity contribution in [3.8, 4) is 0 Å². The van der Waals surface area contributed by atoms with Crippen molar-refractivity contribution in [1.82, 2.24) is 15.1 Å². The SMILES string of the molecule is CCNC(=NCC(=O)N1CCC(Cc2ccccc2)CC1)N1CCC(C(=O)OCC)CC1.I. The number of nitrogens with one attached hydrogen (secondary N) is 1. The third kappa shape index (κ3) is 8.46. The molecule has 0 atom stereocenters. The molecule has 0 saturated carbocycles. The molecule has 2 fully saturated rings. The van der Waals surface area contributed by atoms with E-state index in [1.54, 1.807) is 0 Å². The normalized spacial score (nSPS) is 17.9. The summed E-state index contributed by atoms with van der Waals surface area (Å²) in [4.78, 5) is 33.5. The Morgan fingerprint density at radius 3 is 2.24 bits per heavy atom. The number of carbonyl (C=O) groups is 2. The highest BCUT2D eigenvalue weighted by atomic mass is 127. The second-order valence-electron chi connectivity index (χ2n) is 8.70. The molecule has 0 bridgehead atoms. The maximum absolute atomic E-state index is 12.8. The molecule has 1 N–H and O–H groups in total. The number of aliphatic imine (C=N–C) groups is 1. The van der Waals surface area contributed by atoms with Crippen molar-refractivity contribution in [2.45, 2.75) is 46.0 Å². The minimum absolute atomic E-state index is 0. The molecule has 0 radical (unpaired) electrons. The zero-order valence-corrected chi connectivity index (χ0v) is 22.3. The van der Waals surface area contributed by atoms with Crippen molar-refractivity contribution >= 4 is 41.8 Å². The van der Waals surface area contributed by atoms with Gasteiger partial charge in [0.25, 0.3) is 0 Å². The molecule has 33 heavy (non-hydrogen) atoms. The highest BCUT2D eigenvalue weighted by molar-refractivity contribution is 14.0. The van der Waals surface area contributed by atoms with Crippen molar-refractivity contribution < 1.29 is 14.3 Å². The van der Waals surface area contributed by atoms with Gasteiger partial charge in [-0.3, -0.25) is 9.59 Å². The van der Waals surface area contributed by atoms with Crippen molar-refractivity contribution in [3.05, 3.63) is 35.9 Å². The number of nitrogens with zero attached hydrogens (tertiary/aromatic N) is 3. The number of benzene rings is 1. The summed E-state index contributed by atoms with van der Waals surface area (Å²) in [6.45, 7) is 8.32. The van der Waals surface area contributed by atoms with Crippen molar-refractivity contribution in [1.29, 1.82) is 0 Å². The molecule has 0 aromatic heterocycles. The molecule has 0 spiro atoms. The molecule has 2 heterocycles. The van der Waals surface area contributed by atoms with E-state index in [0.717, 1.165) is 70.8 Å². The first-order chi connectivity index (χ1) is 15.6. The number of hydrogen-bond acceptors (Lipinski definition) is 4. The highest BCUT2D eigenvalue weighted by Crippen LogP contribution is 2.22. The Morgan fingerprint density at radius 2 is 1.64 bits per heavy atom. The summed E-state index contributed by atoms with van der Waals surface area (Å²) in [6, 6.07) is 10.6. The van der Waals surface area contributed by atoms with Crippen molar-refractivity contribution in [2.24, 2.45) is 16.8 Å². The minimum Gasteiger partial charge on any atom is -0.466 e. The Balaban J connectivity index is 0.00000385. The van der Waals surface area contributed by atoms with Crippen molar-refractivity contribution in [3.63, 3.8) is 0 Å². The van der Waals surface area contributed by atoms with Gasteiger partial charge in [0.15, 0.2) is 5.96 Å². The first kappa shape index (κ1) is 27.4. The van der Waals surface area contributed by atoms with E-state index in [1.165, 1.54) is 5.56 Å². The number of hydrogen-bond donors (Lipinski definition) is 1. The van der Waals surface area contributed by atoms with E-state index < -0.39 is 0 Å². The number of likely N-dealkylation sites (tertiary alicyclic amines) is 2. The van der Waals surface area contributed by atoms with Crippen LogP contribution in [0.4, 0.5) is 0 Å². The third-order valence-corrected chi connectivity index (χ3v) is 6.45. The number of amides is 1. The first-order valence-corrected chi connectivity index (χ1v) is 12.1. The second kappa shape index (κ2) is 14.4. The molecule has 1 aromatic rings. The standard InChI is InChI=1S/C25H38N4O3.HI/c1-3-26-25(29-16-12-22(13-17-29)24(31)32-4-2)27-19-23(30)28-14-10-21(11-15-28)18-20-8-6-5-7-9-20;/h5-9,21-22H,3-4,10-19H2,1-2H3,(H,26,27);1H. The van der Waals surface area contributed by atoms with E-state index >= 15 is 0 Å². The minimum atomic E-state index is -0.0973. The van der Waals surface area contributed by atoms with Crippen LogP contribution in [0.1, 0.15) is 45.1 Å². The average molecular weight is 571 g/mol. The quantitative estimate of drug-likeness (QED) is 0.236. The summed E-state index contributed by atoms with van der Waals surface area (Å²) in [5, 5.41) is 3.30. The molecule has 0 unspecified atom stereocenters. The lowest BCUT2D eigenvalue weighted by atomic mass is 9.90. The molecule has 2 saturated heterocycles. The molecule has 7 nitrogen and oxygen atoms in total. The maximum Gasteiger partial charge on any atom is 0.309 e. The first-order valence-electron chi connectivity index (χ1n) is 12.1. The molecule has 3 rings (SSSR count). The number of piperidine rings is 2. The summed E-state index contributed by atoms with van der Waals surface area (Å²) in [7, 11) is 0. The van der Waals surface area contributed by atoms with Gasteiger partial charge >= 0.3 is 5.97 Å². The van der Waals surface area contributed by atoms with Crippen LogP contribution in [0.2, 0.25) is 0 Å². The molecule has 2 aliphatic rings. The predicted octanol–water partition coefficient (Wildman–Crippen LogP) is 3.33. The number of rotatable bonds is 7. The smallest absolute Gasteiger partial charge is 0.309 e. The van der Waals surface area contributed by atoms with Gasteiger partial charge in [0.05, 0.1) is 12.5 Å². The van der Waals surface area contributed by atoms with Crippen LogP contribution < -0.4 is 5.32 Å². The maximum atomic E-state index is 12.8. The number of carbonyl (C=O) groups excluding carboxylic acids is 2. The van der Waals surface area contributed by atoms with Gasteiger partial charge in [-0.15, -0.1) is 24.0 Å². The Bertz CT molecular complexity index is 758. The fourth-order valence-corrected chi connectivity index (χ4v) is 4.59. The Morgan fingerprint density at radius 1 is 1.00 bits per heavy atom. The lowest BCUT2D eigenvalue weighted by Crippen LogP contribution is -2.47. The third-order valence-electron chi connectivity index (χ3n) is 6.45. The van der Waals surface area contributed by atoms with Crippen LogP contribution in [0.3, 0.4) is 0 Å². The number of esters is 1. The fraction of sp³-hybridized carbons (Fsp3) is 0.640. The molecule has 8 heteroatoms. The van der Waals surface area contributed by atoms with Crippen LogP contribution in [0.5, 0.6) is 0 Å². The van der Waals surface area contributed by atoms with Gasteiger partial charge in [-0.2, -0.15) is 0 Å². The Labute approximate surface area is 215 Å². The number of ether oxygens (including phenoxy) is 1. The Kier molecular flexibility index (Phi) is 12.0. The van der Waals surface area contributed by atoms with E-state index in [-0.39, 0.29) is 48.3 Å². The van der Waals surface area contributed by atoms with Gasteiger partial charge in [-0.1, -0.05) is 30.3 Å². The van der Waals surface area contributed by atoms with Crippen molar-refractivity contribution in [2.75, 3.05) is 45.9 Å². The van der Waals surface area contributed by atoms with Gasteiger partial charge in [0.1, 0.15) is 6.54 Å². The lowest BCUT2D eigenvalue weighted by molar-refractivity contribution is -0.149. The molecule has 1 amide bonds. The van der Waals surface area contributed by atoms with E-state index in [2.05, 4.69) is 45.5 Å². The lowest BCUT2D eigenvalue weighted by Gasteiger charge is -2.34. The van der Waals surface area contributed by atoms with Gasteiger partial charge in [0.2, 0.25) is 5.91 Å². The van der Waals surface area contributed by atoms with Crippen LogP contribution in [0.15, 0.2) is 35.3 Å². The molecular formula is C25H39IN4O3. The van der Waals surface area contributed by atoms with Crippen LogP contribution in [0, 0.1) is 11.8 Å². The van der Waals surface area contributed by atoms with Gasteiger partial charge < -0.3 is 19.9 Å². The monoisotopic (exact) mass is 570 g/mol. The summed E-state index contributed by atoms with van der Waals surface area (Å²) in [5.74, 6) is 1.37. The summed E-state index contributed by atoms with van der Waals surface area (Å²) in [5.41, 5.74) is 1.38. The molecular weight excluding hydrogens is 531 g/mol. The molecule has 0 aliphatic carbocycles. The largest absolute Gasteiger partial charge is 0.466 e. The number of halogens is 1. The average Bonchev–Trinajstić information content (AvgIpc) is 2.83. The molecule has 1 aromatic carbocycles. The van der Waals surface area contributed by atoms with Crippen LogP contribution in [-0.2, 0) is 20.7 Å². The predicted molar refractivity (Wildman–Crippen MR) is 142 cm³/mol. The Hall–Kier alpha value is -1.84. The van der Waals surface area contributed by atoms with Gasteiger partial charge in [0, 0.05) is 32.7 Å². The van der Waals surface area contributed by atoms with Crippen LogP contribution in [0.25, 0.3) is 0 Å². The zero-order chi connectivity index (χ0) is 22.8. The van der Waals surface area contributed by atoms with E-state index in [0.29, 0.717) is 12.5 Å². The fourth-order valence-electron chi connectivity index (χ4n) is 4.59. The highest BCUT2D eigenvalue weighted by Gasteiger charge is 2.28. The van der Waals surface area contributed by atoms with E-state index in [4.69, 9.17) is 4.74 Å². The van der Waals surface area contributed by atoms with E-state index in [9.17, 15) is 9.59 Å². The zero-order valence-electron chi connectivity index (χ0n) is 20.0. The summed E-state index contributed by atoms with van der Waals surface area (Å²) >= 11 is 0. The number of guanidine groups is 1. The summed E-state index contributed by atoms with van der Waals surface area (Å²) in [6.07, 6.45) is 4.70.